The molecule has 1 heterocycles. The van der Waals surface area contributed by atoms with Crippen molar-refractivity contribution in [3.63, 3.8) is 0 Å². The van der Waals surface area contributed by atoms with Gasteiger partial charge in [0.05, 0.1) is 12.2 Å². The quantitative estimate of drug-likeness (QED) is 0.801. The van der Waals surface area contributed by atoms with Gasteiger partial charge in [-0.2, -0.15) is 5.10 Å². The molecule has 0 aliphatic rings. The summed E-state index contributed by atoms with van der Waals surface area (Å²) in [5.41, 5.74) is 8.31. The second kappa shape index (κ2) is 5.36. The molecule has 1 aromatic heterocycles. The molecule has 0 radical (unpaired) electrons. The summed E-state index contributed by atoms with van der Waals surface area (Å²) in [6.07, 6.45) is 0. The predicted octanol–water partition coefficient (Wildman–Crippen LogP) is 3.46. The fraction of sp³-hybridized carbons (Fsp3) is 0.0625. The first kappa shape index (κ1) is 13.3. The van der Waals surface area contributed by atoms with Crippen molar-refractivity contribution in [2.45, 2.75) is 6.54 Å². The number of hydrogen-bond donors (Lipinski definition) is 1. The van der Waals surface area contributed by atoms with Gasteiger partial charge in [-0.05, 0) is 42.0 Å². The smallest absolute Gasteiger partial charge is 0.123 e. The van der Waals surface area contributed by atoms with Crippen molar-refractivity contribution in [1.29, 1.82) is 0 Å². The number of aromatic nitrogens is 2. The SMILES string of the molecule is Nc1cc(-c2ccc(F)cc2)nn1Cc1ccc(F)cc1. The van der Waals surface area contributed by atoms with Gasteiger partial charge in [0.1, 0.15) is 17.5 Å². The maximum absolute atomic E-state index is 12.9. The van der Waals surface area contributed by atoms with Gasteiger partial charge in [0, 0.05) is 11.6 Å². The molecule has 3 rings (SSSR count). The lowest BCUT2D eigenvalue weighted by Gasteiger charge is -2.04. The third-order valence-electron chi connectivity index (χ3n) is 3.20. The van der Waals surface area contributed by atoms with Crippen LogP contribution in [-0.2, 0) is 6.54 Å². The van der Waals surface area contributed by atoms with Crippen molar-refractivity contribution < 1.29 is 8.78 Å². The van der Waals surface area contributed by atoms with Crippen LogP contribution in [0.1, 0.15) is 5.56 Å². The van der Waals surface area contributed by atoms with Gasteiger partial charge in [-0.25, -0.2) is 13.5 Å². The monoisotopic (exact) mass is 285 g/mol. The molecule has 0 aliphatic carbocycles. The largest absolute Gasteiger partial charge is 0.384 e. The van der Waals surface area contributed by atoms with E-state index in [1.807, 2.05) is 0 Å². The number of halogens is 2. The molecule has 0 atom stereocenters. The summed E-state index contributed by atoms with van der Waals surface area (Å²) in [7, 11) is 0. The van der Waals surface area contributed by atoms with Crippen LogP contribution in [0.15, 0.2) is 54.6 Å². The van der Waals surface area contributed by atoms with Crippen molar-refractivity contribution in [3.05, 3.63) is 71.8 Å². The van der Waals surface area contributed by atoms with Crippen molar-refractivity contribution >= 4 is 5.82 Å². The molecule has 0 aliphatic heterocycles. The summed E-state index contributed by atoms with van der Waals surface area (Å²) >= 11 is 0. The summed E-state index contributed by atoms with van der Waals surface area (Å²) in [5, 5.41) is 4.40. The summed E-state index contributed by atoms with van der Waals surface area (Å²) in [5.74, 6) is -0.0738. The highest BCUT2D eigenvalue weighted by Crippen LogP contribution is 2.21. The summed E-state index contributed by atoms with van der Waals surface area (Å²) in [6, 6.07) is 14.0. The number of benzene rings is 2. The lowest BCUT2D eigenvalue weighted by molar-refractivity contribution is 0.624. The number of rotatable bonds is 3. The topological polar surface area (TPSA) is 43.8 Å². The Bertz CT molecular complexity index is 746. The number of nitrogens with zero attached hydrogens (tertiary/aromatic N) is 2. The Balaban J connectivity index is 1.87. The van der Waals surface area contributed by atoms with Crippen LogP contribution >= 0.6 is 0 Å². The Morgan fingerprint density at radius 1 is 0.905 bits per heavy atom. The minimum atomic E-state index is -0.294. The molecule has 5 heteroatoms. The first-order chi connectivity index (χ1) is 10.1. The molecule has 0 unspecified atom stereocenters. The van der Waals surface area contributed by atoms with Gasteiger partial charge in [-0.1, -0.05) is 12.1 Å². The van der Waals surface area contributed by atoms with E-state index in [1.54, 1.807) is 35.0 Å². The number of nitrogen functional groups attached to an aromatic ring is 1. The van der Waals surface area contributed by atoms with Gasteiger partial charge in [0.25, 0.3) is 0 Å². The van der Waals surface area contributed by atoms with Gasteiger partial charge in [-0.3, -0.25) is 0 Å². The molecule has 3 aromatic rings. The van der Waals surface area contributed by atoms with Crippen LogP contribution in [0.5, 0.6) is 0 Å². The van der Waals surface area contributed by atoms with Gasteiger partial charge in [0.2, 0.25) is 0 Å². The molecule has 0 saturated carbocycles. The molecule has 106 valence electrons. The summed E-state index contributed by atoms with van der Waals surface area (Å²) in [4.78, 5) is 0. The number of hydrogen-bond acceptors (Lipinski definition) is 2. The van der Waals surface area contributed by atoms with E-state index in [1.165, 1.54) is 24.3 Å². The van der Waals surface area contributed by atoms with Crippen LogP contribution in [0.2, 0.25) is 0 Å². The molecular weight excluding hydrogens is 272 g/mol. The predicted molar refractivity (Wildman–Crippen MR) is 77.5 cm³/mol. The van der Waals surface area contributed by atoms with E-state index in [-0.39, 0.29) is 11.6 Å². The van der Waals surface area contributed by atoms with Crippen LogP contribution in [0.3, 0.4) is 0 Å². The maximum atomic E-state index is 12.9. The molecular formula is C16H13F2N3. The normalized spacial score (nSPS) is 10.8. The zero-order chi connectivity index (χ0) is 14.8. The van der Waals surface area contributed by atoms with Crippen LogP contribution < -0.4 is 5.73 Å². The zero-order valence-corrected chi connectivity index (χ0v) is 11.1. The molecule has 3 nitrogen and oxygen atoms in total. The van der Waals surface area contributed by atoms with Crippen molar-refractivity contribution in [2.75, 3.05) is 5.73 Å². The van der Waals surface area contributed by atoms with Crippen molar-refractivity contribution in [1.82, 2.24) is 9.78 Å². The van der Waals surface area contributed by atoms with E-state index < -0.39 is 0 Å². The van der Waals surface area contributed by atoms with Gasteiger partial charge in [-0.15, -0.1) is 0 Å². The highest BCUT2D eigenvalue weighted by molar-refractivity contribution is 5.62. The Labute approximate surface area is 120 Å². The number of anilines is 1. The average Bonchev–Trinajstić information content (AvgIpc) is 2.83. The Kier molecular flexibility index (Phi) is 3.39. The number of nitrogens with two attached hydrogens (primary N) is 1. The molecule has 0 fully saturated rings. The Hall–Kier alpha value is -2.69. The van der Waals surface area contributed by atoms with Crippen LogP contribution in [-0.4, -0.2) is 9.78 Å². The third kappa shape index (κ3) is 2.91. The van der Waals surface area contributed by atoms with E-state index >= 15 is 0 Å². The van der Waals surface area contributed by atoms with Gasteiger partial charge < -0.3 is 5.73 Å². The second-order valence-electron chi connectivity index (χ2n) is 4.75. The Morgan fingerprint density at radius 3 is 2.10 bits per heavy atom. The molecule has 21 heavy (non-hydrogen) atoms. The highest BCUT2D eigenvalue weighted by atomic mass is 19.1. The maximum Gasteiger partial charge on any atom is 0.123 e. The van der Waals surface area contributed by atoms with Gasteiger partial charge >= 0.3 is 0 Å². The average molecular weight is 285 g/mol. The highest BCUT2D eigenvalue weighted by Gasteiger charge is 2.08. The lowest BCUT2D eigenvalue weighted by Crippen LogP contribution is -2.05. The zero-order valence-electron chi connectivity index (χ0n) is 11.1. The van der Waals surface area contributed by atoms with E-state index in [4.69, 9.17) is 5.73 Å². The minimum Gasteiger partial charge on any atom is -0.384 e. The van der Waals surface area contributed by atoms with Crippen LogP contribution in [0.25, 0.3) is 11.3 Å². The molecule has 0 bridgehead atoms. The van der Waals surface area contributed by atoms with Crippen molar-refractivity contribution in [2.24, 2.45) is 0 Å². The fourth-order valence-corrected chi connectivity index (χ4v) is 2.08. The van der Waals surface area contributed by atoms with E-state index in [0.717, 1.165) is 11.1 Å². The molecule has 0 amide bonds. The standard InChI is InChI=1S/C16H13F2N3/c17-13-5-1-11(2-6-13)10-21-16(19)9-15(20-21)12-3-7-14(18)8-4-12/h1-9H,10,19H2. The summed E-state index contributed by atoms with van der Waals surface area (Å²) in [6.45, 7) is 0.452. The molecule has 0 saturated heterocycles. The van der Waals surface area contributed by atoms with Crippen LogP contribution in [0.4, 0.5) is 14.6 Å². The first-order valence-electron chi connectivity index (χ1n) is 6.45. The Morgan fingerprint density at radius 2 is 1.48 bits per heavy atom. The minimum absolute atomic E-state index is 0.279. The third-order valence-corrected chi connectivity index (χ3v) is 3.20. The first-order valence-corrected chi connectivity index (χ1v) is 6.45. The molecule has 0 spiro atoms. The second-order valence-corrected chi connectivity index (χ2v) is 4.75. The fourth-order valence-electron chi connectivity index (χ4n) is 2.08. The van der Waals surface area contributed by atoms with Crippen molar-refractivity contribution in [3.8, 4) is 11.3 Å². The van der Waals surface area contributed by atoms with E-state index in [0.29, 0.717) is 18.1 Å². The van der Waals surface area contributed by atoms with Crippen LogP contribution in [0, 0.1) is 11.6 Å². The summed E-state index contributed by atoms with van der Waals surface area (Å²) < 4.78 is 27.4. The molecule has 2 aromatic carbocycles. The van der Waals surface area contributed by atoms with E-state index in [2.05, 4.69) is 5.10 Å². The molecule has 2 N–H and O–H groups in total. The van der Waals surface area contributed by atoms with Gasteiger partial charge in [0.15, 0.2) is 0 Å². The van der Waals surface area contributed by atoms with E-state index in [9.17, 15) is 8.78 Å². The lowest BCUT2D eigenvalue weighted by atomic mass is 10.1.